The second-order valence-corrected chi connectivity index (χ2v) is 4.60. The number of nitrogens with zero attached hydrogens (tertiary/aromatic N) is 2. The molecular formula is C13H8BrFN2O. The molecule has 3 nitrogen and oxygen atoms in total. The number of aromatic hydroxyl groups is 1. The van der Waals surface area contributed by atoms with Gasteiger partial charge in [0.2, 0.25) is 0 Å². The van der Waals surface area contributed by atoms with E-state index in [-0.39, 0.29) is 11.6 Å². The summed E-state index contributed by atoms with van der Waals surface area (Å²) in [6.45, 7) is 0. The normalized spacial score (nSPS) is 11.0. The molecule has 0 aliphatic heterocycles. The Balaban J connectivity index is 2.34. The SMILES string of the molecule is Oc1cccn2c(-c3cccc(F)c3)nc(Br)c12. The summed E-state index contributed by atoms with van der Waals surface area (Å²) in [5, 5.41) is 9.80. The zero-order chi connectivity index (χ0) is 12.7. The van der Waals surface area contributed by atoms with Crippen LogP contribution < -0.4 is 0 Å². The number of hydrogen-bond acceptors (Lipinski definition) is 2. The Bertz CT molecular complexity index is 739. The number of pyridine rings is 1. The van der Waals surface area contributed by atoms with Crippen molar-refractivity contribution in [1.82, 2.24) is 9.38 Å². The van der Waals surface area contributed by atoms with Gasteiger partial charge in [0.05, 0.1) is 0 Å². The predicted molar refractivity (Wildman–Crippen MR) is 70.0 cm³/mol. The topological polar surface area (TPSA) is 37.5 Å². The summed E-state index contributed by atoms with van der Waals surface area (Å²) in [5.74, 6) is 0.382. The fourth-order valence-corrected chi connectivity index (χ4v) is 2.47. The number of halogens is 2. The molecule has 3 aromatic rings. The van der Waals surface area contributed by atoms with Crippen LogP contribution in [0, 0.1) is 5.82 Å². The van der Waals surface area contributed by atoms with E-state index in [1.165, 1.54) is 12.1 Å². The number of rotatable bonds is 1. The highest BCUT2D eigenvalue weighted by Crippen LogP contribution is 2.31. The van der Waals surface area contributed by atoms with Crippen molar-refractivity contribution in [2.75, 3.05) is 0 Å². The van der Waals surface area contributed by atoms with Gasteiger partial charge < -0.3 is 5.11 Å². The minimum Gasteiger partial charge on any atom is -0.506 e. The molecule has 0 saturated heterocycles. The maximum Gasteiger partial charge on any atom is 0.146 e. The first-order chi connectivity index (χ1) is 8.66. The van der Waals surface area contributed by atoms with Crippen molar-refractivity contribution >= 4 is 21.4 Å². The van der Waals surface area contributed by atoms with Gasteiger partial charge in [0, 0.05) is 11.8 Å². The van der Waals surface area contributed by atoms with E-state index in [0.29, 0.717) is 21.5 Å². The first kappa shape index (κ1) is 11.2. The highest BCUT2D eigenvalue weighted by molar-refractivity contribution is 9.10. The van der Waals surface area contributed by atoms with Crippen LogP contribution in [0.25, 0.3) is 16.9 Å². The number of benzene rings is 1. The summed E-state index contributed by atoms with van der Waals surface area (Å²) in [6.07, 6.45) is 1.77. The molecule has 2 aromatic heterocycles. The highest BCUT2D eigenvalue weighted by atomic mass is 79.9. The smallest absolute Gasteiger partial charge is 0.146 e. The molecule has 3 rings (SSSR count). The summed E-state index contributed by atoms with van der Waals surface area (Å²) in [6, 6.07) is 9.48. The summed E-state index contributed by atoms with van der Waals surface area (Å²) < 4.78 is 15.5. The van der Waals surface area contributed by atoms with Gasteiger partial charge in [-0.2, -0.15) is 0 Å². The van der Waals surface area contributed by atoms with Crippen molar-refractivity contribution in [2.24, 2.45) is 0 Å². The molecule has 0 spiro atoms. The molecule has 0 unspecified atom stereocenters. The largest absolute Gasteiger partial charge is 0.506 e. The summed E-state index contributed by atoms with van der Waals surface area (Å²) in [5.41, 5.74) is 1.22. The Kier molecular flexibility index (Phi) is 2.56. The van der Waals surface area contributed by atoms with Crippen molar-refractivity contribution in [3.63, 3.8) is 0 Å². The molecule has 0 amide bonds. The van der Waals surface area contributed by atoms with Gasteiger partial charge in [0.25, 0.3) is 0 Å². The molecule has 18 heavy (non-hydrogen) atoms. The minimum atomic E-state index is -0.319. The lowest BCUT2D eigenvalue weighted by Crippen LogP contribution is -1.89. The summed E-state index contributed by atoms with van der Waals surface area (Å²) >= 11 is 3.30. The molecule has 0 radical (unpaired) electrons. The Labute approximate surface area is 111 Å². The number of hydrogen-bond donors (Lipinski definition) is 1. The van der Waals surface area contributed by atoms with E-state index in [1.807, 2.05) is 0 Å². The molecule has 0 saturated carbocycles. The first-order valence-corrected chi connectivity index (χ1v) is 6.07. The molecule has 1 N–H and O–H groups in total. The Morgan fingerprint density at radius 3 is 2.83 bits per heavy atom. The molecule has 1 aromatic carbocycles. The third-order valence-electron chi connectivity index (χ3n) is 2.68. The molecule has 0 bridgehead atoms. The molecule has 0 aliphatic rings. The van der Waals surface area contributed by atoms with Gasteiger partial charge in [0.15, 0.2) is 0 Å². The van der Waals surface area contributed by atoms with E-state index in [1.54, 1.807) is 34.9 Å². The van der Waals surface area contributed by atoms with E-state index in [9.17, 15) is 9.50 Å². The maximum absolute atomic E-state index is 13.2. The fraction of sp³-hybridized carbons (Fsp3) is 0. The van der Waals surface area contributed by atoms with E-state index in [0.717, 1.165) is 0 Å². The zero-order valence-electron chi connectivity index (χ0n) is 9.14. The second-order valence-electron chi connectivity index (χ2n) is 3.85. The predicted octanol–water partition coefficient (Wildman–Crippen LogP) is 3.61. The molecule has 2 heterocycles. The van der Waals surface area contributed by atoms with E-state index in [4.69, 9.17) is 0 Å². The van der Waals surface area contributed by atoms with E-state index in [2.05, 4.69) is 20.9 Å². The number of fused-ring (bicyclic) bond motifs is 1. The summed E-state index contributed by atoms with van der Waals surface area (Å²) in [4.78, 5) is 4.31. The van der Waals surface area contributed by atoms with Crippen molar-refractivity contribution in [2.45, 2.75) is 0 Å². The highest BCUT2D eigenvalue weighted by Gasteiger charge is 2.13. The lowest BCUT2D eigenvalue weighted by Gasteiger charge is -2.02. The molecule has 0 aliphatic carbocycles. The van der Waals surface area contributed by atoms with Gasteiger partial charge >= 0.3 is 0 Å². The minimum absolute atomic E-state index is 0.125. The van der Waals surface area contributed by atoms with Gasteiger partial charge in [-0.05, 0) is 40.2 Å². The zero-order valence-corrected chi connectivity index (χ0v) is 10.7. The van der Waals surface area contributed by atoms with Crippen LogP contribution in [0.4, 0.5) is 4.39 Å². The van der Waals surface area contributed by atoms with Gasteiger partial charge in [-0.3, -0.25) is 4.40 Å². The van der Waals surface area contributed by atoms with Crippen LogP contribution >= 0.6 is 15.9 Å². The Hall–Kier alpha value is -1.88. The molecule has 0 fully saturated rings. The Morgan fingerprint density at radius 2 is 2.06 bits per heavy atom. The quantitative estimate of drug-likeness (QED) is 0.746. The second kappa shape index (κ2) is 4.10. The number of imidazole rings is 1. The number of aromatic nitrogens is 2. The van der Waals surface area contributed by atoms with Crippen LogP contribution in [-0.2, 0) is 0 Å². The van der Waals surface area contributed by atoms with E-state index >= 15 is 0 Å². The van der Waals surface area contributed by atoms with Crippen LogP contribution in [0.2, 0.25) is 0 Å². The van der Waals surface area contributed by atoms with Gasteiger partial charge in [-0.25, -0.2) is 9.37 Å². The Morgan fingerprint density at radius 1 is 1.22 bits per heavy atom. The van der Waals surface area contributed by atoms with Crippen molar-refractivity contribution in [1.29, 1.82) is 0 Å². The lowest BCUT2D eigenvalue weighted by molar-refractivity contribution is 0.479. The van der Waals surface area contributed by atoms with Crippen molar-refractivity contribution < 1.29 is 9.50 Å². The average Bonchev–Trinajstić information content (AvgIpc) is 2.68. The van der Waals surface area contributed by atoms with Crippen LogP contribution in [0.15, 0.2) is 47.2 Å². The lowest BCUT2D eigenvalue weighted by atomic mass is 10.2. The summed E-state index contributed by atoms with van der Waals surface area (Å²) in [7, 11) is 0. The molecule has 5 heteroatoms. The van der Waals surface area contributed by atoms with Crippen LogP contribution in [0.5, 0.6) is 5.75 Å². The average molecular weight is 307 g/mol. The maximum atomic E-state index is 13.2. The molecule has 0 atom stereocenters. The molecule has 90 valence electrons. The molecular weight excluding hydrogens is 299 g/mol. The van der Waals surface area contributed by atoms with Gasteiger partial charge in [0.1, 0.15) is 27.5 Å². The van der Waals surface area contributed by atoms with Crippen LogP contribution in [0.1, 0.15) is 0 Å². The van der Waals surface area contributed by atoms with Gasteiger partial charge in [-0.15, -0.1) is 0 Å². The third kappa shape index (κ3) is 1.67. The van der Waals surface area contributed by atoms with E-state index < -0.39 is 0 Å². The van der Waals surface area contributed by atoms with Crippen LogP contribution in [0.3, 0.4) is 0 Å². The fourth-order valence-electron chi connectivity index (χ4n) is 1.91. The van der Waals surface area contributed by atoms with Crippen molar-refractivity contribution in [3.8, 4) is 17.1 Å². The van der Waals surface area contributed by atoms with Gasteiger partial charge in [-0.1, -0.05) is 12.1 Å². The van der Waals surface area contributed by atoms with Crippen molar-refractivity contribution in [3.05, 3.63) is 53.0 Å². The third-order valence-corrected chi connectivity index (χ3v) is 3.24. The van der Waals surface area contributed by atoms with Crippen LogP contribution in [-0.4, -0.2) is 14.5 Å². The standard InChI is InChI=1S/C13H8BrFN2O/c14-12-11-10(18)5-2-6-17(11)13(16-12)8-3-1-4-9(15)7-8/h1-7,18H. The monoisotopic (exact) mass is 306 g/mol. The first-order valence-electron chi connectivity index (χ1n) is 5.28.